The largest absolute Gasteiger partial charge is 0.386 e. The van der Waals surface area contributed by atoms with E-state index in [1.165, 1.54) is 26.1 Å². The molecule has 3 aromatic rings. The lowest BCUT2D eigenvalue weighted by Crippen LogP contribution is -2.16. The Balaban J connectivity index is 2.01. The van der Waals surface area contributed by atoms with E-state index in [0.717, 1.165) is 23.5 Å². The van der Waals surface area contributed by atoms with E-state index >= 15 is 0 Å². The van der Waals surface area contributed by atoms with Crippen molar-refractivity contribution in [3.8, 4) is 10.4 Å². The minimum atomic E-state index is -1.41. The Morgan fingerprint density at radius 2 is 1.61 bits per heavy atom. The zero-order valence-corrected chi connectivity index (χ0v) is 18.3. The van der Waals surface area contributed by atoms with Gasteiger partial charge in [0.25, 0.3) is 5.91 Å². The quantitative estimate of drug-likeness (QED) is 0.448. The van der Waals surface area contributed by atoms with E-state index in [4.69, 9.17) is 5.73 Å². The van der Waals surface area contributed by atoms with Crippen molar-refractivity contribution in [2.75, 3.05) is 5.32 Å². The molecule has 0 saturated heterocycles. The number of nitrogens with zero attached hydrogens (tertiary/aromatic N) is 1. The average molecular weight is 448 g/mol. The number of aromatic nitrogens is 1. The molecule has 0 bridgehead atoms. The number of hydrogen-bond donors (Lipinski definition) is 4. The molecule has 0 aliphatic carbocycles. The molecule has 0 spiro atoms. The second-order valence-corrected chi connectivity index (χ2v) is 9.26. The molecule has 1 amide bonds. The molecule has 1 aromatic carbocycles. The summed E-state index contributed by atoms with van der Waals surface area (Å²) in [5.41, 5.74) is 3.39. The van der Waals surface area contributed by atoms with Gasteiger partial charge in [-0.3, -0.25) is 4.79 Å². The number of nitrogens with two attached hydrogens (primary N) is 1. The minimum Gasteiger partial charge on any atom is -0.386 e. The second kappa shape index (κ2) is 7.99. The highest BCUT2D eigenvalue weighted by Gasteiger charge is 2.24. The smallest absolute Gasteiger partial charge is 0.251 e. The third kappa shape index (κ3) is 4.90. The van der Waals surface area contributed by atoms with E-state index in [9.17, 15) is 23.8 Å². The Hall–Kier alpha value is -2.88. The van der Waals surface area contributed by atoms with E-state index in [1.54, 1.807) is 26.0 Å². The fourth-order valence-electron chi connectivity index (χ4n) is 2.90. The van der Waals surface area contributed by atoms with Crippen molar-refractivity contribution in [3.63, 3.8) is 0 Å². The van der Waals surface area contributed by atoms with Gasteiger partial charge in [0.1, 0.15) is 22.5 Å². The first-order valence-electron chi connectivity index (χ1n) is 9.39. The van der Waals surface area contributed by atoms with Crippen molar-refractivity contribution in [2.24, 2.45) is 5.73 Å². The number of primary amides is 1. The number of thiophene rings is 1. The number of carbonyl (C=O) groups excluding carboxylic acids is 1. The molecule has 0 aliphatic rings. The molecule has 0 unspecified atom stereocenters. The highest BCUT2D eigenvalue weighted by Crippen LogP contribution is 2.40. The minimum absolute atomic E-state index is 0.0544. The van der Waals surface area contributed by atoms with Crippen molar-refractivity contribution >= 4 is 28.1 Å². The second-order valence-electron chi connectivity index (χ2n) is 8.21. The summed E-state index contributed by atoms with van der Waals surface area (Å²) >= 11 is 0.943. The van der Waals surface area contributed by atoms with Gasteiger partial charge in [0.05, 0.1) is 22.3 Å². The molecule has 0 radical (unpaired) electrons. The van der Waals surface area contributed by atoms with Crippen LogP contribution in [0, 0.1) is 11.6 Å². The van der Waals surface area contributed by atoms with Crippen molar-refractivity contribution in [1.82, 2.24) is 4.98 Å². The maximum Gasteiger partial charge on any atom is 0.251 e. The zero-order chi connectivity index (χ0) is 23.1. The van der Waals surface area contributed by atoms with Gasteiger partial charge in [-0.1, -0.05) is 6.07 Å². The van der Waals surface area contributed by atoms with Crippen LogP contribution in [0.4, 0.5) is 19.6 Å². The van der Waals surface area contributed by atoms with E-state index in [1.807, 2.05) is 0 Å². The number of aliphatic hydroxyl groups is 2. The Morgan fingerprint density at radius 3 is 2.06 bits per heavy atom. The van der Waals surface area contributed by atoms with Gasteiger partial charge in [-0.05, 0) is 57.5 Å². The fraction of sp³-hybridized carbons (Fsp3) is 0.273. The van der Waals surface area contributed by atoms with E-state index in [2.05, 4.69) is 10.3 Å². The summed E-state index contributed by atoms with van der Waals surface area (Å²) in [5, 5.41) is 23.3. The number of rotatable bonds is 6. The van der Waals surface area contributed by atoms with Gasteiger partial charge in [-0.2, -0.15) is 0 Å². The summed E-state index contributed by atoms with van der Waals surface area (Å²) in [6.45, 7) is 6.10. The molecule has 3 rings (SSSR count). The van der Waals surface area contributed by atoms with Gasteiger partial charge >= 0.3 is 0 Å². The molecule has 0 aliphatic heterocycles. The fourth-order valence-corrected chi connectivity index (χ4v) is 4.02. The van der Waals surface area contributed by atoms with Crippen molar-refractivity contribution < 1.29 is 23.8 Å². The van der Waals surface area contributed by atoms with Crippen LogP contribution in [-0.4, -0.2) is 21.1 Å². The van der Waals surface area contributed by atoms with Gasteiger partial charge in [0.2, 0.25) is 0 Å². The molecule has 0 saturated carbocycles. The monoisotopic (exact) mass is 447 g/mol. The van der Waals surface area contributed by atoms with Crippen LogP contribution in [0.25, 0.3) is 10.4 Å². The first kappa shape index (κ1) is 22.8. The summed E-state index contributed by atoms with van der Waals surface area (Å²) in [6.07, 6.45) is 1.48. The Kier molecular flexibility index (Phi) is 5.88. The van der Waals surface area contributed by atoms with Gasteiger partial charge in [0.15, 0.2) is 0 Å². The van der Waals surface area contributed by atoms with Gasteiger partial charge in [0, 0.05) is 16.6 Å². The third-order valence-electron chi connectivity index (χ3n) is 4.70. The van der Waals surface area contributed by atoms with E-state index in [0.29, 0.717) is 11.4 Å². The molecule has 0 atom stereocenters. The van der Waals surface area contributed by atoms with Gasteiger partial charge in [-0.15, -0.1) is 11.3 Å². The number of pyridine rings is 1. The number of halogens is 2. The van der Waals surface area contributed by atoms with Crippen LogP contribution in [0.2, 0.25) is 0 Å². The number of benzene rings is 1. The summed E-state index contributed by atoms with van der Waals surface area (Å²) in [5.74, 6) is -2.14. The van der Waals surface area contributed by atoms with Crippen LogP contribution < -0.4 is 11.1 Å². The lowest BCUT2D eigenvalue weighted by molar-refractivity contribution is 0.0775. The summed E-state index contributed by atoms with van der Waals surface area (Å²) in [6, 6.07) is 6.71. The number of anilines is 2. The Labute approximate surface area is 182 Å². The normalized spacial score (nSPS) is 12.1. The Bertz CT molecular complexity index is 1110. The standard InChI is InChI=1S/C22H23F2N3O3S/c1-21(2,29)11-5-6-17(26-10-11)27-20-13(19(25)28)9-16(31-20)18-14(23)7-12(8-15(18)24)22(3,4)30/h5-10,29-30H,1-4H3,(H2,25,28)(H,26,27). The molecular weight excluding hydrogens is 424 g/mol. The molecule has 5 N–H and O–H groups in total. The summed E-state index contributed by atoms with van der Waals surface area (Å²) in [7, 11) is 0. The predicted octanol–water partition coefficient (Wildman–Crippen LogP) is 4.39. The first-order valence-corrected chi connectivity index (χ1v) is 10.2. The molecular formula is C22H23F2N3O3S. The molecule has 0 fully saturated rings. The number of carbonyl (C=O) groups is 1. The highest BCUT2D eigenvalue weighted by molar-refractivity contribution is 7.20. The van der Waals surface area contributed by atoms with Crippen LogP contribution in [0.5, 0.6) is 0 Å². The lowest BCUT2D eigenvalue weighted by Gasteiger charge is -2.18. The van der Waals surface area contributed by atoms with Crippen LogP contribution >= 0.6 is 11.3 Å². The van der Waals surface area contributed by atoms with Crippen molar-refractivity contribution in [1.29, 1.82) is 0 Å². The first-order chi connectivity index (χ1) is 14.3. The number of nitrogens with one attached hydrogen (secondary N) is 1. The van der Waals surface area contributed by atoms with Crippen LogP contribution in [0.3, 0.4) is 0 Å². The topological polar surface area (TPSA) is 108 Å². The van der Waals surface area contributed by atoms with Crippen molar-refractivity contribution in [2.45, 2.75) is 38.9 Å². The van der Waals surface area contributed by atoms with Gasteiger partial charge in [-0.25, -0.2) is 13.8 Å². The molecule has 6 nitrogen and oxygen atoms in total. The van der Waals surface area contributed by atoms with Gasteiger partial charge < -0.3 is 21.3 Å². The van der Waals surface area contributed by atoms with E-state index in [-0.39, 0.29) is 26.6 Å². The van der Waals surface area contributed by atoms with Crippen LogP contribution in [-0.2, 0) is 11.2 Å². The highest BCUT2D eigenvalue weighted by atomic mass is 32.1. The number of amides is 1. The number of hydrogen-bond acceptors (Lipinski definition) is 6. The maximum atomic E-state index is 14.7. The maximum absolute atomic E-state index is 14.7. The SMILES string of the molecule is CC(C)(O)c1ccc(Nc2sc(-c3c(F)cc(C(C)(C)O)cc3F)cc2C(N)=O)nc1. The molecule has 2 aromatic heterocycles. The predicted molar refractivity (Wildman–Crippen MR) is 116 cm³/mol. The summed E-state index contributed by atoms with van der Waals surface area (Å²) in [4.78, 5) is 16.3. The Morgan fingerprint density at radius 1 is 1.03 bits per heavy atom. The average Bonchev–Trinajstić information content (AvgIpc) is 3.03. The van der Waals surface area contributed by atoms with Crippen LogP contribution in [0.15, 0.2) is 36.5 Å². The lowest BCUT2D eigenvalue weighted by atomic mass is 9.96. The van der Waals surface area contributed by atoms with Crippen LogP contribution in [0.1, 0.15) is 49.2 Å². The van der Waals surface area contributed by atoms with Crippen molar-refractivity contribution in [3.05, 3.63) is 64.9 Å². The summed E-state index contributed by atoms with van der Waals surface area (Å²) < 4.78 is 29.5. The molecule has 9 heteroatoms. The third-order valence-corrected chi connectivity index (χ3v) is 5.77. The van der Waals surface area contributed by atoms with E-state index < -0.39 is 28.7 Å². The molecule has 164 valence electrons. The zero-order valence-electron chi connectivity index (χ0n) is 17.5. The molecule has 2 heterocycles. The molecule has 31 heavy (non-hydrogen) atoms.